The van der Waals surface area contributed by atoms with Crippen LogP contribution in [0.5, 0.6) is 0 Å². The highest BCUT2D eigenvalue weighted by molar-refractivity contribution is 5.87. The quantitative estimate of drug-likeness (QED) is 0.291. The molecule has 8 bridgehead atoms. The average Bonchev–Trinajstić information content (AvgIpc) is 3.80. The summed E-state index contributed by atoms with van der Waals surface area (Å²) in [5.74, 6) is -8.38. The van der Waals surface area contributed by atoms with Gasteiger partial charge >= 0.3 is 0 Å². The average molecular weight is 629 g/mol. The number of aryl methyl sites for hydroxylation is 1. The SMILES string of the molecule is C[C@H]1Nc2ncnc3c2cc(C2(C#N)CC2)c(=O)n3CCCCCCC(F)(F)CN2CCC(CC2)C(F)(F)c2cccc1c2F. The molecular formula is C33H37F5N6O. The van der Waals surface area contributed by atoms with Gasteiger partial charge in [0.15, 0.2) is 0 Å². The van der Waals surface area contributed by atoms with Crippen molar-refractivity contribution in [2.45, 2.75) is 94.6 Å². The first kappa shape index (κ1) is 31.4. The zero-order valence-electron chi connectivity index (χ0n) is 25.3. The van der Waals surface area contributed by atoms with Crippen LogP contribution in [0.15, 0.2) is 35.4 Å². The molecule has 1 N–H and O–H groups in total. The summed E-state index contributed by atoms with van der Waals surface area (Å²) in [6.45, 7) is 1.61. The molecule has 0 amide bonds. The second-order valence-corrected chi connectivity index (χ2v) is 12.9. The van der Waals surface area contributed by atoms with Gasteiger partial charge in [0.2, 0.25) is 0 Å². The molecule has 2 aromatic heterocycles. The van der Waals surface area contributed by atoms with Crippen molar-refractivity contribution in [3.8, 4) is 6.07 Å². The number of nitrogens with one attached hydrogen (secondary N) is 1. The molecule has 1 aliphatic carbocycles. The van der Waals surface area contributed by atoms with Gasteiger partial charge in [0, 0.05) is 30.0 Å². The second kappa shape index (κ2) is 12.0. The fourth-order valence-corrected chi connectivity index (χ4v) is 6.92. The monoisotopic (exact) mass is 628 g/mol. The molecule has 5 heterocycles. The number of nitriles is 1. The summed E-state index contributed by atoms with van der Waals surface area (Å²) in [5, 5.41) is 13.5. The zero-order chi connectivity index (χ0) is 32.0. The largest absolute Gasteiger partial charge is 0.363 e. The Labute approximate surface area is 258 Å². The molecule has 12 heteroatoms. The van der Waals surface area contributed by atoms with Gasteiger partial charge in [-0.1, -0.05) is 31.0 Å². The number of alkyl halides is 4. The van der Waals surface area contributed by atoms with E-state index in [0.29, 0.717) is 55.1 Å². The number of fused-ring (bicyclic) bond motifs is 10. The predicted octanol–water partition coefficient (Wildman–Crippen LogP) is 7.06. The molecule has 7 rings (SSSR count). The van der Waals surface area contributed by atoms with E-state index in [1.807, 2.05) is 0 Å². The Bertz CT molecular complexity index is 1670. The van der Waals surface area contributed by atoms with Gasteiger partial charge in [-0.25, -0.2) is 31.9 Å². The van der Waals surface area contributed by atoms with E-state index in [-0.39, 0.29) is 55.8 Å². The van der Waals surface area contributed by atoms with Crippen molar-refractivity contribution in [2.24, 2.45) is 5.92 Å². The summed E-state index contributed by atoms with van der Waals surface area (Å²) in [6, 6.07) is 7.02. The van der Waals surface area contributed by atoms with Crippen molar-refractivity contribution in [1.82, 2.24) is 19.4 Å². The van der Waals surface area contributed by atoms with Crippen molar-refractivity contribution < 1.29 is 22.0 Å². The first-order valence-electron chi connectivity index (χ1n) is 15.8. The highest BCUT2D eigenvalue weighted by atomic mass is 19.3. The van der Waals surface area contributed by atoms with Crippen LogP contribution < -0.4 is 10.9 Å². The van der Waals surface area contributed by atoms with Crippen molar-refractivity contribution in [2.75, 3.05) is 25.0 Å². The molecule has 4 aliphatic rings. The molecule has 1 saturated carbocycles. The Morgan fingerprint density at radius 3 is 2.42 bits per heavy atom. The number of rotatable bonds is 1. The highest BCUT2D eigenvalue weighted by Crippen LogP contribution is 2.47. The lowest BCUT2D eigenvalue weighted by atomic mass is 9.85. The molecule has 0 radical (unpaired) electrons. The third kappa shape index (κ3) is 6.03. The standard InChI is InChI=1S/C33H37F5N6O/c1-21-23-7-6-8-25(27(23)34)33(37,38)22-9-15-43(16-10-22)19-32(35,36)11-4-2-3-5-14-44-29-24(28(42-21)40-20-41-29)17-26(30(44)45)31(18-39)12-13-31/h6-8,17,20-22H,2-5,9-16,19H2,1H3,(H,40,41,42)/t21-/m1/s1. The van der Waals surface area contributed by atoms with Crippen LogP contribution in [0.4, 0.5) is 27.8 Å². The van der Waals surface area contributed by atoms with Crippen LogP contribution in [-0.2, 0) is 17.9 Å². The lowest BCUT2D eigenvalue weighted by Gasteiger charge is -2.37. The van der Waals surface area contributed by atoms with E-state index in [1.165, 1.54) is 27.9 Å². The molecule has 0 unspecified atom stereocenters. The molecule has 0 spiro atoms. The molecule has 1 atom stereocenters. The lowest BCUT2D eigenvalue weighted by Crippen LogP contribution is -2.44. The zero-order valence-corrected chi connectivity index (χ0v) is 25.3. The third-order valence-electron chi connectivity index (χ3n) is 9.80. The van der Waals surface area contributed by atoms with Gasteiger partial charge < -0.3 is 5.32 Å². The normalized spacial score (nSPS) is 26.3. The number of hydrogen-bond acceptors (Lipinski definition) is 6. The van der Waals surface area contributed by atoms with Gasteiger partial charge in [-0.15, -0.1) is 0 Å². The van der Waals surface area contributed by atoms with Crippen LogP contribution in [0.3, 0.4) is 0 Å². The number of anilines is 1. The highest BCUT2D eigenvalue weighted by Gasteiger charge is 2.48. The molecule has 2 fully saturated rings. The summed E-state index contributed by atoms with van der Waals surface area (Å²) in [6.07, 6.45) is 4.00. The van der Waals surface area contributed by atoms with E-state index in [1.54, 1.807) is 13.0 Å². The van der Waals surface area contributed by atoms with Gasteiger partial charge in [-0.3, -0.25) is 14.3 Å². The van der Waals surface area contributed by atoms with Crippen molar-refractivity contribution in [1.29, 1.82) is 5.26 Å². The number of aromatic nitrogens is 3. The Balaban J connectivity index is 1.42. The first-order valence-corrected chi connectivity index (χ1v) is 15.8. The topological polar surface area (TPSA) is 86.8 Å². The Hall–Kier alpha value is -3.59. The maximum atomic E-state index is 15.9. The Kier molecular flexibility index (Phi) is 8.35. The number of pyridine rings is 1. The van der Waals surface area contributed by atoms with E-state index in [0.717, 1.165) is 6.07 Å². The van der Waals surface area contributed by atoms with E-state index in [9.17, 15) is 18.8 Å². The smallest absolute Gasteiger partial charge is 0.278 e. The summed E-state index contributed by atoms with van der Waals surface area (Å²) < 4.78 is 78.8. The first-order chi connectivity index (χ1) is 21.5. The molecule has 45 heavy (non-hydrogen) atoms. The van der Waals surface area contributed by atoms with Gasteiger partial charge in [0.05, 0.1) is 35.0 Å². The van der Waals surface area contributed by atoms with E-state index >= 15 is 13.2 Å². The van der Waals surface area contributed by atoms with Gasteiger partial charge in [0.25, 0.3) is 17.4 Å². The fraction of sp³-hybridized carbons (Fsp3) is 0.576. The molecule has 7 nitrogen and oxygen atoms in total. The lowest BCUT2D eigenvalue weighted by molar-refractivity contribution is -0.0992. The molecule has 3 aromatic rings. The number of nitrogens with zero attached hydrogens (tertiary/aromatic N) is 5. The molecule has 1 saturated heterocycles. The fourth-order valence-electron chi connectivity index (χ4n) is 6.92. The van der Waals surface area contributed by atoms with Crippen LogP contribution in [0.1, 0.15) is 87.4 Å². The number of hydrogen-bond donors (Lipinski definition) is 1. The van der Waals surface area contributed by atoms with Crippen molar-refractivity contribution in [3.05, 3.63) is 63.5 Å². The molecular weight excluding hydrogens is 591 g/mol. The molecule has 240 valence electrons. The Morgan fingerprint density at radius 2 is 1.71 bits per heavy atom. The van der Waals surface area contributed by atoms with Crippen LogP contribution >= 0.6 is 0 Å². The van der Waals surface area contributed by atoms with Crippen LogP contribution in [-0.4, -0.2) is 45.0 Å². The second-order valence-electron chi connectivity index (χ2n) is 12.9. The summed E-state index contributed by atoms with van der Waals surface area (Å²) in [4.78, 5) is 24.0. The number of halogens is 5. The van der Waals surface area contributed by atoms with Gasteiger partial charge in [-0.05, 0) is 64.6 Å². The summed E-state index contributed by atoms with van der Waals surface area (Å²) in [5.41, 5.74) is -1.29. The minimum Gasteiger partial charge on any atom is -0.363 e. The Morgan fingerprint density at radius 1 is 0.978 bits per heavy atom. The predicted molar refractivity (Wildman–Crippen MR) is 160 cm³/mol. The van der Waals surface area contributed by atoms with Gasteiger partial charge in [0.1, 0.15) is 23.6 Å². The van der Waals surface area contributed by atoms with E-state index in [4.69, 9.17) is 0 Å². The maximum Gasteiger partial charge on any atom is 0.278 e. The minimum absolute atomic E-state index is 0.0122. The summed E-state index contributed by atoms with van der Waals surface area (Å²) >= 11 is 0. The van der Waals surface area contributed by atoms with Crippen molar-refractivity contribution >= 4 is 16.9 Å². The van der Waals surface area contributed by atoms with E-state index < -0.39 is 47.1 Å². The van der Waals surface area contributed by atoms with Crippen LogP contribution in [0.25, 0.3) is 11.0 Å². The van der Waals surface area contributed by atoms with E-state index in [2.05, 4.69) is 21.4 Å². The van der Waals surface area contributed by atoms with Crippen LogP contribution in [0.2, 0.25) is 0 Å². The third-order valence-corrected chi connectivity index (χ3v) is 9.80. The van der Waals surface area contributed by atoms with Crippen molar-refractivity contribution in [3.63, 3.8) is 0 Å². The van der Waals surface area contributed by atoms with Gasteiger partial charge in [-0.2, -0.15) is 5.26 Å². The van der Waals surface area contributed by atoms with Crippen LogP contribution in [0, 0.1) is 23.1 Å². The molecule has 1 aromatic carbocycles. The minimum atomic E-state index is -3.49. The molecule has 3 aliphatic heterocycles. The number of piperidine rings is 1. The number of benzene rings is 1. The summed E-state index contributed by atoms with van der Waals surface area (Å²) in [7, 11) is 0. The maximum absolute atomic E-state index is 15.9.